The Bertz CT molecular complexity index is 569. The first-order valence-corrected chi connectivity index (χ1v) is 7.66. The van der Waals surface area contributed by atoms with Crippen molar-refractivity contribution in [2.75, 3.05) is 0 Å². The Hall–Kier alpha value is -0.460. The highest BCUT2D eigenvalue weighted by molar-refractivity contribution is 9.11. The maximum atomic E-state index is 13.7. The highest BCUT2D eigenvalue weighted by Gasteiger charge is 2.16. The molecule has 0 aliphatic carbocycles. The van der Waals surface area contributed by atoms with Gasteiger partial charge in [-0.15, -0.1) is 11.3 Å². The molecule has 19 heavy (non-hydrogen) atoms. The van der Waals surface area contributed by atoms with Gasteiger partial charge in [0.2, 0.25) is 0 Å². The van der Waals surface area contributed by atoms with E-state index in [4.69, 9.17) is 17.4 Å². The van der Waals surface area contributed by atoms with Gasteiger partial charge >= 0.3 is 0 Å². The molecule has 2 nitrogen and oxygen atoms in total. The van der Waals surface area contributed by atoms with E-state index in [0.717, 1.165) is 14.2 Å². The number of hydrazine groups is 1. The van der Waals surface area contributed by atoms with Crippen molar-refractivity contribution in [1.29, 1.82) is 0 Å². The highest BCUT2D eigenvalue weighted by atomic mass is 79.9. The molecular formula is C13H13BrClFN2S. The number of hydrogen-bond acceptors (Lipinski definition) is 3. The number of nitrogens with one attached hydrogen (secondary N) is 1. The lowest BCUT2D eigenvalue weighted by atomic mass is 10.0. The van der Waals surface area contributed by atoms with Crippen molar-refractivity contribution >= 4 is 38.9 Å². The highest BCUT2D eigenvalue weighted by Crippen LogP contribution is 2.33. The Morgan fingerprint density at radius 3 is 2.79 bits per heavy atom. The first kappa shape index (κ1) is 14.9. The second kappa shape index (κ2) is 6.33. The van der Waals surface area contributed by atoms with Crippen LogP contribution in [-0.2, 0) is 6.42 Å². The molecule has 2 aromatic rings. The smallest absolute Gasteiger partial charge is 0.126 e. The van der Waals surface area contributed by atoms with Gasteiger partial charge in [-0.05, 0) is 64.7 Å². The number of aryl methyl sites for hydroxylation is 1. The maximum Gasteiger partial charge on any atom is 0.126 e. The molecule has 0 fully saturated rings. The molecule has 0 aliphatic rings. The average Bonchev–Trinajstić information content (AvgIpc) is 2.70. The lowest BCUT2D eigenvalue weighted by molar-refractivity contribution is 0.535. The lowest BCUT2D eigenvalue weighted by Gasteiger charge is -2.15. The van der Waals surface area contributed by atoms with Crippen molar-refractivity contribution < 1.29 is 4.39 Å². The molecule has 3 N–H and O–H groups in total. The van der Waals surface area contributed by atoms with Crippen LogP contribution in [0, 0.1) is 12.7 Å². The summed E-state index contributed by atoms with van der Waals surface area (Å²) in [5.41, 5.74) is 4.43. The minimum absolute atomic E-state index is 0.136. The molecule has 2 rings (SSSR count). The summed E-state index contributed by atoms with van der Waals surface area (Å²) in [4.78, 5) is 1.06. The molecular weight excluding hydrogens is 351 g/mol. The van der Waals surface area contributed by atoms with Crippen LogP contribution in [0.15, 0.2) is 28.1 Å². The van der Waals surface area contributed by atoms with E-state index in [2.05, 4.69) is 21.4 Å². The van der Waals surface area contributed by atoms with Crippen molar-refractivity contribution in [3.8, 4) is 0 Å². The first-order valence-electron chi connectivity index (χ1n) is 5.67. The van der Waals surface area contributed by atoms with Gasteiger partial charge < -0.3 is 0 Å². The summed E-state index contributed by atoms with van der Waals surface area (Å²) in [5.74, 6) is 5.32. The van der Waals surface area contributed by atoms with Crippen LogP contribution in [0.3, 0.4) is 0 Å². The molecule has 1 heterocycles. The normalized spacial score (nSPS) is 12.7. The molecule has 0 saturated heterocycles. The summed E-state index contributed by atoms with van der Waals surface area (Å²) in [6.45, 7) is 2.01. The molecule has 0 bridgehead atoms. The molecule has 0 saturated carbocycles. The van der Waals surface area contributed by atoms with Gasteiger partial charge in [-0.1, -0.05) is 11.6 Å². The van der Waals surface area contributed by atoms with E-state index in [0.29, 0.717) is 17.0 Å². The molecule has 6 heteroatoms. The van der Waals surface area contributed by atoms with Gasteiger partial charge in [-0.25, -0.2) is 4.39 Å². The van der Waals surface area contributed by atoms with E-state index in [-0.39, 0.29) is 11.9 Å². The molecule has 0 amide bonds. The minimum Gasteiger partial charge on any atom is -0.271 e. The van der Waals surface area contributed by atoms with Crippen molar-refractivity contribution in [1.82, 2.24) is 5.43 Å². The summed E-state index contributed by atoms with van der Waals surface area (Å²) in [6, 6.07) is 6.46. The number of halogens is 3. The van der Waals surface area contributed by atoms with Crippen LogP contribution in [0.5, 0.6) is 0 Å². The molecule has 1 aromatic heterocycles. The van der Waals surface area contributed by atoms with Gasteiger partial charge in [0.15, 0.2) is 0 Å². The van der Waals surface area contributed by atoms with E-state index >= 15 is 0 Å². The molecule has 0 aliphatic heterocycles. The molecule has 0 radical (unpaired) electrons. The Morgan fingerprint density at radius 2 is 2.21 bits per heavy atom. The monoisotopic (exact) mass is 362 g/mol. The molecule has 102 valence electrons. The first-order chi connectivity index (χ1) is 9.01. The Labute approximate surface area is 128 Å². The quantitative estimate of drug-likeness (QED) is 0.626. The van der Waals surface area contributed by atoms with Crippen LogP contribution in [0.2, 0.25) is 5.02 Å². The van der Waals surface area contributed by atoms with Crippen LogP contribution in [-0.4, -0.2) is 0 Å². The summed E-state index contributed by atoms with van der Waals surface area (Å²) in [6.07, 6.45) is 0.454. The third kappa shape index (κ3) is 3.55. The Morgan fingerprint density at radius 1 is 1.47 bits per heavy atom. The standard InChI is InChI=1S/C13H13BrClFN2S/c1-7-4-12(19-13(7)14)11(18-17)6-8-5-9(15)2-3-10(8)16/h2-5,11,18H,6,17H2,1H3. The fraction of sp³-hybridized carbons (Fsp3) is 0.231. The van der Waals surface area contributed by atoms with Crippen molar-refractivity contribution in [3.63, 3.8) is 0 Å². The number of hydrogen-bond donors (Lipinski definition) is 2. The Balaban J connectivity index is 2.26. The van der Waals surface area contributed by atoms with Crippen molar-refractivity contribution in [2.45, 2.75) is 19.4 Å². The zero-order valence-electron chi connectivity index (χ0n) is 10.2. The fourth-order valence-electron chi connectivity index (χ4n) is 1.82. The van der Waals surface area contributed by atoms with Gasteiger partial charge in [0.05, 0.1) is 9.83 Å². The molecule has 1 aromatic carbocycles. The zero-order chi connectivity index (χ0) is 14.0. The van der Waals surface area contributed by atoms with Gasteiger partial charge in [-0.2, -0.15) is 0 Å². The molecule has 0 spiro atoms. The maximum absolute atomic E-state index is 13.7. The van der Waals surface area contributed by atoms with Crippen LogP contribution >= 0.6 is 38.9 Å². The topological polar surface area (TPSA) is 38.0 Å². The van der Waals surface area contributed by atoms with Gasteiger partial charge in [-0.3, -0.25) is 11.3 Å². The van der Waals surface area contributed by atoms with Crippen LogP contribution in [0.25, 0.3) is 0 Å². The van der Waals surface area contributed by atoms with E-state index in [9.17, 15) is 4.39 Å². The molecule has 1 unspecified atom stereocenters. The van der Waals surface area contributed by atoms with Gasteiger partial charge in [0, 0.05) is 9.90 Å². The van der Waals surface area contributed by atoms with Crippen molar-refractivity contribution in [3.05, 3.63) is 54.9 Å². The number of nitrogens with two attached hydrogens (primary N) is 1. The summed E-state index contributed by atoms with van der Waals surface area (Å²) < 4.78 is 14.8. The van der Waals surface area contributed by atoms with E-state index in [1.807, 2.05) is 13.0 Å². The Kier molecular flexibility index (Phi) is 4.97. The largest absolute Gasteiger partial charge is 0.271 e. The summed E-state index contributed by atoms with van der Waals surface area (Å²) >= 11 is 11.0. The fourth-order valence-corrected chi connectivity index (χ4v) is 3.64. The third-order valence-corrected chi connectivity index (χ3v) is 5.34. The number of rotatable bonds is 4. The van der Waals surface area contributed by atoms with Gasteiger partial charge in [0.1, 0.15) is 5.82 Å². The summed E-state index contributed by atoms with van der Waals surface area (Å²) in [5, 5.41) is 0.524. The van der Waals surface area contributed by atoms with Crippen molar-refractivity contribution in [2.24, 2.45) is 5.84 Å². The van der Waals surface area contributed by atoms with Crippen LogP contribution < -0.4 is 11.3 Å². The predicted octanol–water partition coefficient (Wildman–Crippen LogP) is 4.36. The number of thiophene rings is 1. The third-order valence-electron chi connectivity index (χ3n) is 2.85. The van der Waals surface area contributed by atoms with E-state index in [1.165, 1.54) is 12.1 Å². The second-order valence-electron chi connectivity index (χ2n) is 4.26. The minimum atomic E-state index is -0.267. The predicted molar refractivity (Wildman–Crippen MR) is 81.9 cm³/mol. The zero-order valence-corrected chi connectivity index (χ0v) is 13.4. The summed E-state index contributed by atoms with van der Waals surface area (Å²) in [7, 11) is 0. The van der Waals surface area contributed by atoms with E-state index in [1.54, 1.807) is 17.4 Å². The van der Waals surface area contributed by atoms with E-state index < -0.39 is 0 Å². The average molecular weight is 364 g/mol. The lowest BCUT2D eigenvalue weighted by Crippen LogP contribution is -2.29. The van der Waals surface area contributed by atoms with Crippen LogP contribution in [0.4, 0.5) is 4.39 Å². The SMILES string of the molecule is Cc1cc(C(Cc2cc(Cl)ccc2F)NN)sc1Br. The molecule has 1 atom stereocenters. The van der Waals surface area contributed by atoms with Gasteiger partial charge in [0.25, 0.3) is 0 Å². The second-order valence-corrected chi connectivity index (χ2v) is 7.10. The number of benzene rings is 1. The van der Waals surface area contributed by atoms with Crippen LogP contribution in [0.1, 0.15) is 22.0 Å².